The molecular formula is C19H22N6O6. The van der Waals surface area contributed by atoms with Crippen LogP contribution in [0, 0.1) is 0 Å². The van der Waals surface area contributed by atoms with Crippen molar-refractivity contribution in [3.05, 3.63) is 36.2 Å². The lowest BCUT2D eigenvalue weighted by Gasteiger charge is -2.19. The zero-order valence-corrected chi connectivity index (χ0v) is 16.2. The van der Waals surface area contributed by atoms with Crippen LogP contribution in [0.5, 0.6) is 0 Å². The number of fused-ring (bicyclic) bond motifs is 1. The molecule has 0 unspecified atom stereocenters. The highest BCUT2D eigenvalue weighted by Crippen LogP contribution is 2.36. The Morgan fingerprint density at radius 1 is 1.19 bits per heavy atom. The van der Waals surface area contributed by atoms with Gasteiger partial charge in [0.2, 0.25) is 0 Å². The maximum atomic E-state index is 11.0. The van der Waals surface area contributed by atoms with E-state index in [4.69, 9.17) is 21.3 Å². The lowest BCUT2D eigenvalue weighted by molar-refractivity contribution is -0.138. The first kappa shape index (κ1) is 21.1. The highest BCUT2D eigenvalue weighted by atomic mass is 16.6. The summed E-state index contributed by atoms with van der Waals surface area (Å²) >= 11 is 0. The summed E-state index contributed by atoms with van der Waals surface area (Å²) in [4.78, 5) is 23.7. The molecule has 1 aliphatic rings. The van der Waals surface area contributed by atoms with Gasteiger partial charge >= 0.3 is 5.97 Å². The second-order valence-corrected chi connectivity index (χ2v) is 7.31. The van der Waals surface area contributed by atoms with Crippen molar-refractivity contribution < 1.29 is 30.0 Å². The number of nitrogens with two attached hydrogens (primary N) is 2. The van der Waals surface area contributed by atoms with Crippen molar-refractivity contribution in [1.29, 1.82) is 0 Å². The number of aromatic nitrogens is 4. The molecule has 4 rings (SSSR count). The fraction of sp³-hybridized carbons (Fsp3) is 0.368. The smallest absolute Gasteiger partial charge is 0.320 e. The molecule has 0 saturated carbocycles. The van der Waals surface area contributed by atoms with Crippen LogP contribution in [0.2, 0.25) is 0 Å². The molecule has 2 aromatic heterocycles. The van der Waals surface area contributed by atoms with Gasteiger partial charge in [-0.25, -0.2) is 15.0 Å². The number of aliphatic carboxylic acids is 1. The van der Waals surface area contributed by atoms with Gasteiger partial charge in [0.1, 0.15) is 36.5 Å². The Balaban J connectivity index is 1.79. The molecular weight excluding hydrogens is 408 g/mol. The van der Waals surface area contributed by atoms with Crippen LogP contribution in [-0.2, 0) is 16.0 Å². The highest BCUT2D eigenvalue weighted by Gasteiger charge is 2.45. The maximum absolute atomic E-state index is 11.0. The lowest BCUT2D eigenvalue weighted by Crippen LogP contribution is -2.33. The monoisotopic (exact) mass is 430 g/mol. The van der Waals surface area contributed by atoms with Gasteiger partial charge in [-0.3, -0.25) is 9.36 Å². The first-order chi connectivity index (χ1) is 14.8. The number of carboxylic acid groups (broad SMARTS) is 1. The summed E-state index contributed by atoms with van der Waals surface area (Å²) in [5.41, 5.74) is 13.4. The lowest BCUT2D eigenvalue weighted by atomic mass is 10.0. The van der Waals surface area contributed by atoms with Crippen LogP contribution in [0.25, 0.3) is 22.6 Å². The summed E-state index contributed by atoms with van der Waals surface area (Å²) in [7, 11) is 0. The van der Waals surface area contributed by atoms with Gasteiger partial charge in [-0.15, -0.1) is 0 Å². The van der Waals surface area contributed by atoms with E-state index in [1.54, 1.807) is 24.3 Å². The molecule has 12 nitrogen and oxygen atoms in total. The van der Waals surface area contributed by atoms with Gasteiger partial charge in [0, 0.05) is 5.56 Å². The van der Waals surface area contributed by atoms with Crippen LogP contribution in [0.1, 0.15) is 11.8 Å². The summed E-state index contributed by atoms with van der Waals surface area (Å²) in [6.45, 7) is -0.480. The third kappa shape index (κ3) is 3.71. The second kappa shape index (κ2) is 8.17. The molecule has 0 aliphatic carbocycles. The topological polar surface area (TPSA) is 203 Å². The first-order valence-electron chi connectivity index (χ1n) is 9.50. The maximum Gasteiger partial charge on any atom is 0.320 e. The number of aliphatic hydroxyl groups excluding tert-OH is 3. The molecule has 5 atom stereocenters. The zero-order chi connectivity index (χ0) is 22.3. The molecule has 164 valence electrons. The number of ether oxygens (including phenoxy) is 1. The van der Waals surface area contributed by atoms with Crippen molar-refractivity contribution >= 4 is 23.0 Å². The molecule has 0 spiro atoms. The minimum atomic E-state index is -1.35. The fourth-order valence-electron chi connectivity index (χ4n) is 3.60. The Bertz CT molecular complexity index is 1100. The zero-order valence-electron chi connectivity index (χ0n) is 16.2. The summed E-state index contributed by atoms with van der Waals surface area (Å²) < 4.78 is 7.18. The summed E-state index contributed by atoms with van der Waals surface area (Å²) in [6.07, 6.45) is -3.32. The minimum Gasteiger partial charge on any atom is -0.480 e. The third-order valence-corrected chi connectivity index (χ3v) is 5.26. The quantitative estimate of drug-likeness (QED) is 0.269. The van der Waals surface area contributed by atoms with Crippen molar-refractivity contribution in [2.75, 3.05) is 12.3 Å². The number of hydrogen-bond acceptors (Lipinski definition) is 10. The van der Waals surface area contributed by atoms with Crippen molar-refractivity contribution in [3.8, 4) is 11.4 Å². The SMILES string of the molecule is Nc1ncnc2c1nc(-c1ccc(C[C@H](N)C(=O)O)cc1)n2[C@@H]1O[C@H](CO)[C@@H](O)[C@H]1O. The van der Waals surface area contributed by atoms with Gasteiger partial charge in [0.15, 0.2) is 23.2 Å². The predicted octanol–water partition coefficient (Wildman–Crippen LogP) is -1.36. The molecule has 3 heterocycles. The third-order valence-electron chi connectivity index (χ3n) is 5.26. The number of carboxylic acids is 1. The number of benzene rings is 1. The number of carbonyl (C=O) groups is 1. The Morgan fingerprint density at radius 3 is 2.52 bits per heavy atom. The molecule has 1 fully saturated rings. The Hall–Kier alpha value is -3.16. The van der Waals surface area contributed by atoms with E-state index in [1.165, 1.54) is 10.9 Å². The van der Waals surface area contributed by atoms with E-state index in [0.717, 1.165) is 0 Å². The van der Waals surface area contributed by atoms with Gasteiger partial charge < -0.3 is 36.6 Å². The van der Waals surface area contributed by atoms with Crippen molar-refractivity contribution in [3.63, 3.8) is 0 Å². The minimum absolute atomic E-state index is 0.126. The Kier molecular flexibility index (Phi) is 5.56. The van der Waals surface area contributed by atoms with Gasteiger partial charge in [0.05, 0.1) is 6.61 Å². The molecule has 1 aromatic carbocycles. The molecule has 12 heteroatoms. The average Bonchev–Trinajstić information content (AvgIpc) is 3.27. The fourth-order valence-corrected chi connectivity index (χ4v) is 3.60. The van der Waals surface area contributed by atoms with Crippen molar-refractivity contribution in [1.82, 2.24) is 19.5 Å². The van der Waals surface area contributed by atoms with Crippen LogP contribution in [-0.4, -0.2) is 76.9 Å². The molecule has 0 amide bonds. The normalized spacial score (nSPS) is 24.5. The second-order valence-electron chi connectivity index (χ2n) is 7.31. The van der Waals surface area contributed by atoms with E-state index in [9.17, 15) is 20.1 Å². The van der Waals surface area contributed by atoms with Crippen LogP contribution in [0.3, 0.4) is 0 Å². The van der Waals surface area contributed by atoms with E-state index in [1.807, 2.05) is 0 Å². The molecule has 0 bridgehead atoms. The number of anilines is 1. The summed E-state index contributed by atoms with van der Waals surface area (Å²) in [6, 6.07) is 5.84. The van der Waals surface area contributed by atoms with E-state index in [-0.39, 0.29) is 23.4 Å². The Morgan fingerprint density at radius 2 is 1.90 bits per heavy atom. The van der Waals surface area contributed by atoms with E-state index in [0.29, 0.717) is 17.0 Å². The van der Waals surface area contributed by atoms with Crippen LogP contribution < -0.4 is 11.5 Å². The van der Waals surface area contributed by atoms with Gasteiger partial charge in [0.25, 0.3) is 0 Å². The molecule has 1 aliphatic heterocycles. The van der Waals surface area contributed by atoms with E-state index in [2.05, 4.69) is 15.0 Å². The summed E-state index contributed by atoms with van der Waals surface area (Å²) in [5.74, 6) is -0.629. The standard InChI is InChI=1S/C19H22N6O6/c20-10(19(29)30)5-8-1-3-9(4-2-8)16-24-12-15(21)22-7-23-17(12)25(16)18-14(28)13(27)11(6-26)31-18/h1-4,7,10-11,13-14,18,26-28H,5-6,20H2,(H,29,30)(H2,21,22,23)/t10-,11+,13+,14+,18+/m0/s1. The number of rotatable bonds is 6. The number of imidazole rings is 1. The van der Waals surface area contributed by atoms with Crippen LogP contribution in [0.15, 0.2) is 30.6 Å². The highest BCUT2D eigenvalue weighted by molar-refractivity contribution is 5.85. The van der Waals surface area contributed by atoms with Gasteiger partial charge in [-0.2, -0.15) is 0 Å². The first-order valence-corrected chi connectivity index (χ1v) is 9.50. The number of hydrogen-bond donors (Lipinski definition) is 6. The van der Waals surface area contributed by atoms with Gasteiger partial charge in [-0.05, 0) is 12.0 Å². The number of nitrogen functional groups attached to an aromatic ring is 1. The van der Waals surface area contributed by atoms with E-state index < -0.39 is 43.2 Å². The molecule has 1 saturated heterocycles. The molecule has 3 aromatic rings. The molecule has 31 heavy (non-hydrogen) atoms. The molecule has 0 radical (unpaired) electrons. The average molecular weight is 430 g/mol. The largest absolute Gasteiger partial charge is 0.480 e. The Labute approximate surface area is 175 Å². The van der Waals surface area contributed by atoms with Crippen molar-refractivity contribution in [2.45, 2.75) is 37.0 Å². The number of nitrogens with zero attached hydrogens (tertiary/aromatic N) is 4. The van der Waals surface area contributed by atoms with Crippen molar-refractivity contribution in [2.24, 2.45) is 5.73 Å². The summed E-state index contributed by atoms with van der Waals surface area (Å²) in [5, 5.41) is 39.2. The van der Waals surface area contributed by atoms with E-state index >= 15 is 0 Å². The number of aliphatic hydroxyl groups is 3. The molecule has 8 N–H and O–H groups in total. The van der Waals surface area contributed by atoms with Crippen LogP contribution >= 0.6 is 0 Å². The van der Waals surface area contributed by atoms with Crippen LogP contribution in [0.4, 0.5) is 5.82 Å². The van der Waals surface area contributed by atoms with Gasteiger partial charge in [-0.1, -0.05) is 24.3 Å². The predicted molar refractivity (Wildman–Crippen MR) is 107 cm³/mol.